The van der Waals surface area contributed by atoms with Gasteiger partial charge < -0.3 is 0 Å². The van der Waals surface area contributed by atoms with Crippen LogP contribution in [0.3, 0.4) is 0 Å². The van der Waals surface area contributed by atoms with E-state index in [4.69, 9.17) is 0 Å². The smallest absolute Gasteiger partial charge is 0.0649 e. The van der Waals surface area contributed by atoms with Gasteiger partial charge in [0.2, 0.25) is 0 Å². The maximum atomic E-state index is 4.59. The first-order valence-corrected chi connectivity index (χ1v) is 4.97. The molecule has 0 aromatic heterocycles. The molecule has 1 aromatic carbocycles. The molecule has 0 N–H and O–H groups in total. The number of hydrogen-bond donors (Lipinski definition) is 0. The van der Waals surface area contributed by atoms with Crippen LogP contribution in [-0.2, 0) is 0 Å². The highest BCUT2D eigenvalue weighted by Crippen LogP contribution is 2.47. The third-order valence-electron chi connectivity index (χ3n) is 2.86. The van der Waals surface area contributed by atoms with Crippen LogP contribution < -0.4 is 0 Å². The SMILES string of the molecule is C=CC1CC1(C)/N=C/c1ccccc1. The van der Waals surface area contributed by atoms with E-state index in [-0.39, 0.29) is 5.54 Å². The van der Waals surface area contributed by atoms with Crippen LogP contribution in [0.1, 0.15) is 18.9 Å². The van der Waals surface area contributed by atoms with E-state index in [1.54, 1.807) is 0 Å². The molecule has 1 nitrogen and oxygen atoms in total. The Hall–Kier alpha value is -1.37. The Morgan fingerprint density at radius 1 is 1.43 bits per heavy atom. The Labute approximate surface area is 85.2 Å². The van der Waals surface area contributed by atoms with Crippen molar-refractivity contribution >= 4 is 6.21 Å². The molecule has 2 unspecified atom stereocenters. The number of aliphatic imine (C=N–C) groups is 1. The van der Waals surface area contributed by atoms with Gasteiger partial charge in [-0.3, -0.25) is 4.99 Å². The molecule has 0 heterocycles. The van der Waals surface area contributed by atoms with Crippen molar-refractivity contribution in [1.29, 1.82) is 0 Å². The van der Waals surface area contributed by atoms with E-state index in [1.165, 1.54) is 5.56 Å². The van der Waals surface area contributed by atoms with E-state index in [0.717, 1.165) is 6.42 Å². The largest absolute Gasteiger partial charge is 0.286 e. The molecule has 0 saturated heterocycles. The lowest BCUT2D eigenvalue weighted by Gasteiger charge is -2.01. The van der Waals surface area contributed by atoms with E-state index in [9.17, 15) is 0 Å². The predicted octanol–water partition coefficient (Wildman–Crippen LogP) is 3.07. The van der Waals surface area contributed by atoms with Crippen LogP contribution in [0.25, 0.3) is 0 Å². The molecule has 14 heavy (non-hydrogen) atoms. The molecule has 0 amide bonds. The Balaban J connectivity index is 2.06. The van der Waals surface area contributed by atoms with Gasteiger partial charge in [-0.25, -0.2) is 0 Å². The van der Waals surface area contributed by atoms with Gasteiger partial charge in [0, 0.05) is 12.1 Å². The summed E-state index contributed by atoms with van der Waals surface area (Å²) >= 11 is 0. The van der Waals surface area contributed by atoms with Crippen molar-refractivity contribution in [2.24, 2.45) is 10.9 Å². The normalized spacial score (nSPS) is 30.5. The number of benzene rings is 1. The van der Waals surface area contributed by atoms with Crippen molar-refractivity contribution in [3.05, 3.63) is 48.6 Å². The minimum Gasteiger partial charge on any atom is -0.286 e. The second-order valence-electron chi connectivity index (χ2n) is 4.07. The molecule has 0 aliphatic heterocycles. The number of nitrogens with zero attached hydrogens (tertiary/aromatic N) is 1. The van der Waals surface area contributed by atoms with Gasteiger partial charge in [0.1, 0.15) is 0 Å². The predicted molar refractivity (Wildman–Crippen MR) is 60.7 cm³/mol. The van der Waals surface area contributed by atoms with E-state index in [1.807, 2.05) is 30.5 Å². The Morgan fingerprint density at radius 3 is 2.71 bits per heavy atom. The molecule has 1 saturated carbocycles. The van der Waals surface area contributed by atoms with Gasteiger partial charge in [0.15, 0.2) is 0 Å². The summed E-state index contributed by atoms with van der Waals surface area (Å²) in [6, 6.07) is 10.2. The van der Waals surface area contributed by atoms with Crippen LogP contribution in [-0.4, -0.2) is 11.8 Å². The minimum absolute atomic E-state index is 0.123. The zero-order valence-corrected chi connectivity index (χ0v) is 8.48. The van der Waals surface area contributed by atoms with Gasteiger partial charge in [0.05, 0.1) is 5.54 Å². The summed E-state index contributed by atoms with van der Waals surface area (Å²) in [6.45, 7) is 5.98. The summed E-state index contributed by atoms with van der Waals surface area (Å²) in [5.74, 6) is 0.572. The van der Waals surface area contributed by atoms with E-state index in [0.29, 0.717) is 5.92 Å². The monoisotopic (exact) mass is 185 g/mol. The molecule has 2 atom stereocenters. The van der Waals surface area contributed by atoms with Crippen LogP contribution in [0.5, 0.6) is 0 Å². The zero-order valence-electron chi connectivity index (χ0n) is 8.48. The third kappa shape index (κ3) is 1.77. The molecule has 72 valence electrons. The van der Waals surface area contributed by atoms with Crippen molar-refractivity contribution in [3.8, 4) is 0 Å². The topological polar surface area (TPSA) is 12.4 Å². The first-order chi connectivity index (χ1) is 6.74. The van der Waals surface area contributed by atoms with Crippen LogP contribution in [0.4, 0.5) is 0 Å². The van der Waals surface area contributed by atoms with Gasteiger partial charge in [-0.2, -0.15) is 0 Å². The highest BCUT2D eigenvalue weighted by molar-refractivity contribution is 5.80. The van der Waals surface area contributed by atoms with Crippen molar-refractivity contribution in [3.63, 3.8) is 0 Å². The summed E-state index contributed by atoms with van der Waals surface area (Å²) in [5, 5.41) is 0. The standard InChI is InChI=1S/C13H15N/c1-3-12-9-13(12,2)14-10-11-7-5-4-6-8-11/h3-8,10,12H,1,9H2,2H3/b14-10+. The lowest BCUT2D eigenvalue weighted by molar-refractivity contribution is 0.723. The Morgan fingerprint density at radius 2 is 2.14 bits per heavy atom. The second-order valence-corrected chi connectivity index (χ2v) is 4.07. The number of hydrogen-bond acceptors (Lipinski definition) is 1. The molecular weight excluding hydrogens is 170 g/mol. The second kappa shape index (κ2) is 3.41. The molecule has 0 bridgehead atoms. The number of rotatable bonds is 3. The third-order valence-corrected chi connectivity index (χ3v) is 2.86. The fraction of sp³-hybridized carbons (Fsp3) is 0.308. The van der Waals surface area contributed by atoms with E-state index < -0.39 is 0 Å². The van der Waals surface area contributed by atoms with Crippen molar-refractivity contribution in [1.82, 2.24) is 0 Å². The van der Waals surface area contributed by atoms with Crippen molar-refractivity contribution in [2.45, 2.75) is 18.9 Å². The summed E-state index contributed by atoms with van der Waals surface area (Å²) in [7, 11) is 0. The summed E-state index contributed by atoms with van der Waals surface area (Å²) < 4.78 is 0. The first kappa shape index (κ1) is 9.20. The molecule has 0 spiro atoms. The fourth-order valence-electron chi connectivity index (χ4n) is 1.63. The average Bonchev–Trinajstić information content (AvgIpc) is 2.89. The Kier molecular flexibility index (Phi) is 2.24. The van der Waals surface area contributed by atoms with Crippen LogP contribution in [0.15, 0.2) is 48.0 Å². The molecule has 0 radical (unpaired) electrons. The van der Waals surface area contributed by atoms with Crippen LogP contribution in [0, 0.1) is 5.92 Å². The van der Waals surface area contributed by atoms with Crippen molar-refractivity contribution < 1.29 is 0 Å². The molecule has 1 fully saturated rings. The molecule has 2 rings (SSSR count). The maximum Gasteiger partial charge on any atom is 0.0649 e. The zero-order chi connectivity index (χ0) is 10.0. The highest BCUT2D eigenvalue weighted by Gasteiger charge is 2.47. The Bertz CT molecular complexity index is 353. The lowest BCUT2D eigenvalue weighted by atomic mass is 10.2. The first-order valence-electron chi connectivity index (χ1n) is 4.97. The lowest BCUT2D eigenvalue weighted by Crippen LogP contribution is -2.01. The van der Waals surface area contributed by atoms with Gasteiger partial charge in [-0.15, -0.1) is 6.58 Å². The highest BCUT2D eigenvalue weighted by atomic mass is 14.9. The van der Waals surface area contributed by atoms with Gasteiger partial charge in [-0.05, 0) is 18.9 Å². The van der Waals surface area contributed by atoms with Crippen LogP contribution in [0.2, 0.25) is 0 Å². The summed E-state index contributed by atoms with van der Waals surface area (Å²) in [6.07, 6.45) is 5.10. The maximum absolute atomic E-state index is 4.59. The van der Waals surface area contributed by atoms with Crippen molar-refractivity contribution in [2.75, 3.05) is 0 Å². The van der Waals surface area contributed by atoms with Gasteiger partial charge >= 0.3 is 0 Å². The van der Waals surface area contributed by atoms with Gasteiger partial charge in [0.25, 0.3) is 0 Å². The summed E-state index contributed by atoms with van der Waals surface area (Å²) in [4.78, 5) is 4.59. The summed E-state index contributed by atoms with van der Waals surface area (Å²) in [5.41, 5.74) is 1.29. The molecule has 1 aliphatic rings. The van der Waals surface area contributed by atoms with E-state index >= 15 is 0 Å². The molecule has 1 heteroatoms. The molecule has 1 aliphatic carbocycles. The average molecular weight is 185 g/mol. The minimum atomic E-state index is 0.123. The fourth-order valence-corrected chi connectivity index (χ4v) is 1.63. The van der Waals surface area contributed by atoms with Gasteiger partial charge in [-0.1, -0.05) is 36.4 Å². The quantitative estimate of drug-likeness (QED) is 0.507. The van der Waals surface area contributed by atoms with E-state index in [2.05, 4.69) is 30.6 Å². The molecular formula is C13H15N. The van der Waals surface area contributed by atoms with Crippen LogP contribution >= 0.6 is 0 Å². The molecule has 1 aromatic rings.